The summed E-state index contributed by atoms with van der Waals surface area (Å²) < 4.78 is 0. The van der Waals surface area contributed by atoms with Crippen LogP contribution in [-0.4, -0.2) is 29.0 Å². The molecular formula is C37H52N2S. The summed E-state index contributed by atoms with van der Waals surface area (Å²) in [4.78, 5) is 11.0. The van der Waals surface area contributed by atoms with Crippen LogP contribution in [0.3, 0.4) is 0 Å². The van der Waals surface area contributed by atoms with Gasteiger partial charge in [0.1, 0.15) is 0 Å². The average Bonchev–Trinajstić information content (AvgIpc) is 2.93. The number of aryl methyl sites for hydroxylation is 1. The Kier molecular flexibility index (Phi) is 7.37. The van der Waals surface area contributed by atoms with Gasteiger partial charge in [0.25, 0.3) is 0 Å². The predicted octanol–water partition coefficient (Wildman–Crippen LogP) is 9.98. The lowest BCUT2D eigenvalue weighted by atomic mass is 9.17. The van der Waals surface area contributed by atoms with Gasteiger partial charge in [-0.2, -0.15) is 11.8 Å². The van der Waals surface area contributed by atoms with Crippen molar-refractivity contribution < 1.29 is 0 Å². The fourth-order valence-electron chi connectivity index (χ4n) is 10.5. The van der Waals surface area contributed by atoms with E-state index in [0.717, 1.165) is 54.3 Å². The van der Waals surface area contributed by atoms with E-state index in [1.807, 2.05) is 0 Å². The molecule has 0 aromatic heterocycles. The summed E-state index contributed by atoms with van der Waals surface area (Å²) in [7, 11) is 0. The highest BCUT2D eigenvalue weighted by molar-refractivity contribution is 7.99. The van der Waals surface area contributed by atoms with E-state index in [4.69, 9.17) is 9.98 Å². The van der Waals surface area contributed by atoms with E-state index < -0.39 is 0 Å². The maximum Gasteiger partial charge on any atom is 0.0632 e. The first kappa shape index (κ1) is 27.5. The lowest BCUT2D eigenvalue weighted by Crippen LogP contribution is -2.85. The van der Waals surface area contributed by atoms with Crippen LogP contribution in [0.15, 0.2) is 39.8 Å². The topological polar surface area (TPSA) is 24.7 Å². The molecule has 1 aromatic rings. The Bertz CT molecular complexity index is 1200. The monoisotopic (exact) mass is 556 g/mol. The molecule has 1 heterocycles. The second kappa shape index (κ2) is 10.7. The highest BCUT2D eigenvalue weighted by Crippen LogP contribution is 2.88. The van der Waals surface area contributed by atoms with Gasteiger partial charge < -0.3 is 0 Å². The Hall–Kier alpha value is -1.35. The van der Waals surface area contributed by atoms with Crippen molar-refractivity contribution in [3.63, 3.8) is 0 Å². The quantitative estimate of drug-likeness (QED) is 0.362. The van der Waals surface area contributed by atoms with E-state index >= 15 is 0 Å². The predicted molar refractivity (Wildman–Crippen MR) is 173 cm³/mol. The number of aliphatic imine (C=N–C) groups is 2. The third kappa shape index (κ3) is 4.25. The Morgan fingerprint density at radius 2 is 1.77 bits per heavy atom. The van der Waals surface area contributed by atoms with Crippen LogP contribution >= 0.6 is 11.8 Å². The fourth-order valence-corrected chi connectivity index (χ4v) is 11.6. The summed E-state index contributed by atoms with van der Waals surface area (Å²) in [5.41, 5.74) is 9.32. The van der Waals surface area contributed by atoms with Crippen LogP contribution in [0.5, 0.6) is 0 Å². The van der Waals surface area contributed by atoms with Crippen LogP contribution < -0.4 is 0 Å². The molecule has 2 nitrogen and oxygen atoms in total. The zero-order valence-corrected chi connectivity index (χ0v) is 26.6. The number of benzene rings is 1. The number of hydrogen-bond donors (Lipinski definition) is 0. The minimum atomic E-state index is 0.498. The van der Waals surface area contributed by atoms with Crippen LogP contribution in [0.2, 0.25) is 0 Å². The number of allylic oxidation sites excluding steroid dienone is 2. The molecule has 5 aliphatic carbocycles. The summed E-state index contributed by atoms with van der Waals surface area (Å²) in [6, 6.07) is 7.81. The highest BCUT2D eigenvalue weighted by atomic mass is 32.2. The summed E-state index contributed by atoms with van der Waals surface area (Å²) >= 11 is 2.15. The molecule has 0 radical (unpaired) electrons. The Labute approximate surface area is 248 Å². The van der Waals surface area contributed by atoms with E-state index in [0.29, 0.717) is 23.8 Å². The molecule has 3 heteroatoms. The lowest BCUT2D eigenvalue weighted by molar-refractivity contribution is -0.385. The van der Waals surface area contributed by atoms with E-state index in [-0.39, 0.29) is 0 Å². The third-order valence-corrected chi connectivity index (χ3v) is 14.1. The minimum absolute atomic E-state index is 0.498. The zero-order chi connectivity index (χ0) is 27.6. The molecule has 40 heavy (non-hydrogen) atoms. The van der Waals surface area contributed by atoms with Crippen molar-refractivity contribution in [2.75, 3.05) is 11.5 Å². The second-order valence-corrected chi connectivity index (χ2v) is 16.0. The van der Waals surface area contributed by atoms with Crippen molar-refractivity contribution in [3.05, 3.63) is 41.0 Å². The van der Waals surface area contributed by atoms with Gasteiger partial charge in [-0.3, -0.25) is 9.98 Å². The van der Waals surface area contributed by atoms with Gasteiger partial charge in [0.15, 0.2) is 0 Å². The third-order valence-electron chi connectivity index (χ3n) is 13.0. The average molecular weight is 557 g/mol. The first-order valence-electron chi connectivity index (χ1n) is 16.9. The van der Waals surface area contributed by atoms with Gasteiger partial charge in [-0.05, 0) is 165 Å². The lowest BCUT2D eigenvalue weighted by Gasteiger charge is -2.88. The molecule has 4 saturated carbocycles. The zero-order valence-electron chi connectivity index (χ0n) is 25.8. The highest BCUT2D eigenvalue weighted by Gasteiger charge is 2.84. The standard InChI is InChI=1S/C37H52N2S/c1-6-26-11-9-23(3)34(39-36-32-20-27-19-28-21-33(36)37(27,28)32)14-10-24(4)35(26)38-29-12-13-31(25(5)18-29)30-8-7-16-40-17-15-22(30)2/h9,12-13,18,22,24,26-28,30,32-33,36H,6-8,10-11,14-17,19-21H2,1-5H3/b23-9-,38-35?,39-34?. The molecule has 216 valence electrons. The summed E-state index contributed by atoms with van der Waals surface area (Å²) in [6.45, 7) is 12.0. The van der Waals surface area contributed by atoms with Crippen LogP contribution in [-0.2, 0) is 0 Å². The molecule has 1 aromatic carbocycles. The molecular weight excluding hydrogens is 504 g/mol. The Morgan fingerprint density at radius 1 is 0.975 bits per heavy atom. The van der Waals surface area contributed by atoms with E-state index in [1.165, 1.54) is 78.3 Å². The van der Waals surface area contributed by atoms with Crippen LogP contribution in [0.4, 0.5) is 5.69 Å². The summed E-state index contributed by atoms with van der Waals surface area (Å²) in [5.74, 6) is 9.21. The largest absolute Gasteiger partial charge is 0.286 e. The first-order chi connectivity index (χ1) is 19.4. The fraction of sp³-hybridized carbons (Fsp3) is 0.730. The van der Waals surface area contributed by atoms with Crippen molar-refractivity contribution in [1.29, 1.82) is 0 Å². The Balaban J connectivity index is 1.10. The van der Waals surface area contributed by atoms with E-state index in [1.54, 1.807) is 12.0 Å². The molecule has 1 saturated heterocycles. The molecule has 0 N–H and O–H groups in total. The maximum absolute atomic E-state index is 5.57. The van der Waals surface area contributed by atoms with Gasteiger partial charge in [0.05, 0.1) is 11.7 Å². The van der Waals surface area contributed by atoms with E-state index in [2.05, 4.69) is 70.7 Å². The SMILES string of the molecule is CCC1C/C=C(/C)C(=NC2C3CC4CC5CC2C453)CCC(C)C1=Nc1ccc(C2CCCSCCC2C)c(C)c1. The van der Waals surface area contributed by atoms with Gasteiger partial charge in [-0.1, -0.05) is 32.9 Å². The maximum atomic E-state index is 5.57. The smallest absolute Gasteiger partial charge is 0.0632 e. The van der Waals surface area contributed by atoms with Crippen molar-refractivity contribution in [3.8, 4) is 0 Å². The number of thioether (sulfide) groups is 1. The number of rotatable bonds is 4. The molecule has 5 fully saturated rings. The van der Waals surface area contributed by atoms with Gasteiger partial charge in [-0.25, -0.2) is 0 Å². The summed E-state index contributed by atoms with van der Waals surface area (Å²) in [5, 5.41) is 0. The van der Waals surface area contributed by atoms with Gasteiger partial charge in [0, 0.05) is 17.3 Å². The Morgan fingerprint density at radius 3 is 2.50 bits per heavy atom. The second-order valence-electron chi connectivity index (χ2n) is 14.8. The summed E-state index contributed by atoms with van der Waals surface area (Å²) in [6.07, 6.45) is 15.6. The normalized spacial score (nSPS) is 45.9. The minimum Gasteiger partial charge on any atom is -0.286 e. The van der Waals surface area contributed by atoms with Crippen molar-refractivity contribution in [1.82, 2.24) is 0 Å². The molecule has 8 atom stereocenters. The van der Waals surface area contributed by atoms with Crippen molar-refractivity contribution >= 4 is 28.9 Å². The van der Waals surface area contributed by atoms with E-state index in [9.17, 15) is 0 Å². The number of nitrogens with zero attached hydrogens (tertiary/aromatic N) is 2. The van der Waals surface area contributed by atoms with Crippen LogP contribution in [0.1, 0.15) is 109 Å². The van der Waals surface area contributed by atoms with Gasteiger partial charge >= 0.3 is 0 Å². The number of hydrogen-bond acceptors (Lipinski definition) is 3. The van der Waals surface area contributed by atoms with Crippen molar-refractivity contribution in [2.45, 2.75) is 111 Å². The first-order valence-corrected chi connectivity index (χ1v) is 18.1. The molecule has 8 unspecified atom stereocenters. The van der Waals surface area contributed by atoms with Gasteiger partial charge in [0.2, 0.25) is 0 Å². The van der Waals surface area contributed by atoms with Gasteiger partial charge in [-0.15, -0.1) is 0 Å². The van der Waals surface area contributed by atoms with Crippen LogP contribution in [0, 0.1) is 53.8 Å². The van der Waals surface area contributed by atoms with Crippen molar-refractivity contribution in [2.24, 2.45) is 56.8 Å². The molecule has 6 aliphatic rings. The molecule has 7 rings (SSSR count). The molecule has 1 spiro atoms. The molecule has 1 aliphatic heterocycles. The molecule has 0 amide bonds. The van der Waals surface area contributed by atoms with Crippen LogP contribution in [0.25, 0.3) is 0 Å². The molecule has 0 bridgehead atoms.